The number of nitrogens with zero attached hydrogens (tertiary/aromatic N) is 3. The number of amides is 5. The molecular formula is C18H24N4O4. The molecule has 2 atom stereocenters. The fourth-order valence-electron chi connectivity index (χ4n) is 4.33. The van der Waals surface area contributed by atoms with Crippen molar-refractivity contribution >= 4 is 23.8 Å². The summed E-state index contributed by atoms with van der Waals surface area (Å²) in [6, 6.07) is 1.13. The van der Waals surface area contributed by atoms with Gasteiger partial charge in [-0.05, 0) is 44.4 Å². The second kappa shape index (κ2) is 7.06. The highest BCUT2D eigenvalue weighted by molar-refractivity contribution is 6.45. The summed E-state index contributed by atoms with van der Waals surface area (Å²) >= 11 is 0. The van der Waals surface area contributed by atoms with Crippen LogP contribution in [0.2, 0.25) is 0 Å². The Labute approximate surface area is 152 Å². The van der Waals surface area contributed by atoms with E-state index in [1.807, 2.05) is 6.92 Å². The zero-order chi connectivity index (χ0) is 18.9. The molecule has 8 heteroatoms. The summed E-state index contributed by atoms with van der Waals surface area (Å²) in [5.41, 5.74) is -0.926. The number of carbonyl (C=O) groups is 4. The van der Waals surface area contributed by atoms with E-state index >= 15 is 0 Å². The van der Waals surface area contributed by atoms with Gasteiger partial charge in [0, 0.05) is 6.04 Å². The molecule has 3 fully saturated rings. The molecule has 0 aromatic heterocycles. The molecule has 0 spiro atoms. The lowest BCUT2D eigenvalue weighted by Crippen LogP contribution is -2.50. The van der Waals surface area contributed by atoms with Gasteiger partial charge in [0.2, 0.25) is 5.91 Å². The number of hydrogen-bond acceptors (Lipinski definition) is 5. The van der Waals surface area contributed by atoms with E-state index in [1.54, 1.807) is 0 Å². The Hall–Kier alpha value is -2.43. The van der Waals surface area contributed by atoms with Crippen LogP contribution in [0.5, 0.6) is 0 Å². The van der Waals surface area contributed by atoms with Crippen LogP contribution in [0.15, 0.2) is 0 Å². The van der Waals surface area contributed by atoms with E-state index in [1.165, 1.54) is 0 Å². The molecule has 8 nitrogen and oxygen atoms in total. The lowest BCUT2D eigenvalue weighted by molar-refractivity contribution is -0.145. The van der Waals surface area contributed by atoms with E-state index in [-0.39, 0.29) is 12.0 Å². The number of nitrogens with one attached hydrogen (secondary N) is 1. The molecule has 1 heterocycles. The Balaban J connectivity index is 1.69. The van der Waals surface area contributed by atoms with Crippen molar-refractivity contribution in [2.75, 3.05) is 6.54 Å². The van der Waals surface area contributed by atoms with Crippen LogP contribution >= 0.6 is 0 Å². The van der Waals surface area contributed by atoms with Crippen LogP contribution in [0.4, 0.5) is 4.79 Å². The van der Waals surface area contributed by atoms with Crippen molar-refractivity contribution in [3.05, 3.63) is 0 Å². The first-order valence-electron chi connectivity index (χ1n) is 9.30. The topological polar surface area (TPSA) is 111 Å². The second-order valence-electron chi connectivity index (χ2n) is 7.63. The van der Waals surface area contributed by atoms with Gasteiger partial charge in [-0.3, -0.25) is 19.3 Å². The third-order valence-corrected chi connectivity index (χ3v) is 5.83. The average molecular weight is 360 g/mol. The predicted molar refractivity (Wildman–Crippen MR) is 90.3 cm³/mol. The minimum atomic E-state index is -0.958. The Morgan fingerprint density at radius 2 is 1.81 bits per heavy atom. The van der Waals surface area contributed by atoms with Gasteiger partial charge in [0.15, 0.2) is 0 Å². The van der Waals surface area contributed by atoms with Crippen LogP contribution in [-0.2, 0) is 14.4 Å². The van der Waals surface area contributed by atoms with Crippen molar-refractivity contribution in [3.63, 3.8) is 0 Å². The molecule has 26 heavy (non-hydrogen) atoms. The van der Waals surface area contributed by atoms with Crippen molar-refractivity contribution in [2.24, 2.45) is 5.92 Å². The van der Waals surface area contributed by atoms with E-state index in [9.17, 15) is 24.4 Å². The highest BCUT2D eigenvalue weighted by atomic mass is 16.2. The number of nitriles is 1. The molecule has 140 valence electrons. The van der Waals surface area contributed by atoms with Crippen molar-refractivity contribution < 1.29 is 19.2 Å². The minimum Gasteiger partial charge on any atom is -0.336 e. The second-order valence-corrected chi connectivity index (χ2v) is 7.63. The summed E-state index contributed by atoms with van der Waals surface area (Å²) in [5, 5.41) is 12.0. The van der Waals surface area contributed by atoms with Gasteiger partial charge in [-0.15, -0.1) is 0 Å². The van der Waals surface area contributed by atoms with Gasteiger partial charge in [0.05, 0.1) is 6.07 Å². The summed E-state index contributed by atoms with van der Waals surface area (Å²) in [4.78, 5) is 51.3. The molecule has 1 N–H and O–H groups in total. The average Bonchev–Trinajstić information content (AvgIpc) is 3.16. The number of imide groups is 2. The smallest absolute Gasteiger partial charge is 0.334 e. The number of carbonyl (C=O) groups excluding carboxylic acids is 4. The SMILES string of the molecule is C[C@H]1CCCC[C@@H]1N1C(=O)C(=O)N(CC(=O)NC2(C#N)CCCC2)C1=O. The van der Waals surface area contributed by atoms with Gasteiger partial charge < -0.3 is 5.32 Å². The fraction of sp³-hybridized carbons (Fsp3) is 0.722. The first kappa shape index (κ1) is 18.4. The standard InChI is InChI=1S/C18H24N4O4/c1-12-6-2-3-7-13(12)22-16(25)15(24)21(17(22)26)10-14(23)20-18(11-19)8-4-5-9-18/h12-13H,2-10H2,1H3,(H,20,23)/t12-,13-/m0/s1. The number of rotatable bonds is 4. The van der Waals surface area contributed by atoms with E-state index < -0.39 is 35.8 Å². The van der Waals surface area contributed by atoms with Gasteiger partial charge in [-0.25, -0.2) is 9.69 Å². The summed E-state index contributed by atoms with van der Waals surface area (Å²) in [6.07, 6.45) is 6.35. The van der Waals surface area contributed by atoms with Crippen LogP contribution in [0.1, 0.15) is 58.3 Å². The molecule has 3 aliphatic rings. The zero-order valence-electron chi connectivity index (χ0n) is 15.0. The lowest BCUT2D eigenvalue weighted by atomic mass is 9.85. The number of urea groups is 1. The summed E-state index contributed by atoms with van der Waals surface area (Å²) in [5.74, 6) is -2.25. The molecule has 1 aliphatic heterocycles. The van der Waals surface area contributed by atoms with Crippen molar-refractivity contribution in [3.8, 4) is 6.07 Å². The Kier molecular flexibility index (Phi) is 4.99. The first-order chi connectivity index (χ1) is 12.4. The maximum absolute atomic E-state index is 12.7. The van der Waals surface area contributed by atoms with E-state index in [4.69, 9.17) is 0 Å². The van der Waals surface area contributed by atoms with Crippen LogP contribution < -0.4 is 5.32 Å². The summed E-state index contributed by atoms with van der Waals surface area (Å²) < 4.78 is 0. The number of hydrogen-bond donors (Lipinski definition) is 1. The van der Waals surface area contributed by atoms with Crippen molar-refractivity contribution in [2.45, 2.75) is 69.9 Å². The van der Waals surface area contributed by atoms with E-state index in [0.29, 0.717) is 24.2 Å². The molecule has 0 radical (unpaired) electrons. The fourth-order valence-corrected chi connectivity index (χ4v) is 4.33. The maximum atomic E-state index is 12.7. The maximum Gasteiger partial charge on any atom is 0.334 e. The lowest BCUT2D eigenvalue weighted by Gasteiger charge is -2.34. The molecule has 1 saturated heterocycles. The van der Waals surface area contributed by atoms with Crippen molar-refractivity contribution in [1.29, 1.82) is 5.26 Å². The van der Waals surface area contributed by atoms with Gasteiger partial charge in [0.1, 0.15) is 12.1 Å². The van der Waals surface area contributed by atoms with Crippen LogP contribution in [0, 0.1) is 17.2 Å². The van der Waals surface area contributed by atoms with E-state index in [0.717, 1.165) is 37.0 Å². The molecule has 0 aromatic rings. The van der Waals surface area contributed by atoms with Crippen LogP contribution in [0.25, 0.3) is 0 Å². The monoisotopic (exact) mass is 360 g/mol. The third kappa shape index (κ3) is 3.18. The van der Waals surface area contributed by atoms with Gasteiger partial charge >= 0.3 is 17.8 Å². The highest BCUT2D eigenvalue weighted by Crippen LogP contribution is 2.31. The molecular weight excluding hydrogens is 336 g/mol. The Morgan fingerprint density at radius 1 is 1.15 bits per heavy atom. The van der Waals surface area contributed by atoms with Gasteiger partial charge in [-0.1, -0.05) is 19.8 Å². The largest absolute Gasteiger partial charge is 0.336 e. The molecule has 2 aliphatic carbocycles. The highest BCUT2D eigenvalue weighted by Gasteiger charge is 2.50. The Bertz CT molecular complexity index is 677. The quantitative estimate of drug-likeness (QED) is 0.600. The molecule has 0 aromatic carbocycles. The minimum absolute atomic E-state index is 0.138. The molecule has 5 amide bonds. The summed E-state index contributed by atoms with van der Waals surface area (Å²) in [6.45, 7) is 1.45. The van der Waals surface area contributed by atoms with Crippen LogP contribution in [-0.4, -0.2) is 51.7 Å². The molecule has 0 bridgehead atoms. The molecule has 0 unspecified atom stereocenters. The van der Waals surface area contributed by atoms with Crippen molar-refractivity contribution in [1.82, 2.24) is 15.1 Å². The summed E-state index contributed by atoms with van der Waals surface area (Å²) in [7, 11) is 0. The zero-order valence-corrected chi connectivity index (χ0v) is 15.0. The van der Waals surface area contributed by atoms with E-state index in [2.05, 4.69) is 11.4 Å². The van der Waals surface area contributed by atoms with Gasteiger partial charge in [-0.2, -0.15) is 5.26 Å². The first-order valence-corrected chi connectivity index (χ1v) is 9.30. The third-order valence-electron chi connectivity index (χ3n) is 5.83. The molecule has 3 rings (SSSR count). The normalized spacial score (nSPS) is 28.4. The van der Waals surface area contributed by atoms with Gasteiger partial charge in [0.25, 0.3) is 0 Å². The Morgan fingerprint density at radius 3 is 2.42 bits per heavy atom. The van der Waals surface area contributed by atoms with Crippen LogP contribution in [0.3, 0.4) is 0 Å². The predicted octanol–water partition coefficient (Wildman–Crippen LogP) is 1.31. The molecule has 2 saturated carbocycles.